The van der Waals surface area contributed by atoms with E-state index in [4.69, 9.17) is 9.15 Å². The number of para-hydroxylation sites is 3. The fraction of sp³-hybridized carbons (Fsp3) is 0.273. The predicted octanol–water partition coefficient (Wildman–Crippen LogP) is 4.20. The van der Waals surface area contributed by atoms with Crippen molar-refractivity contribution < 1.29 is 18.7 Å². The third kappa shape index (κ3) is 3.22. The first-order valence-electron chi connectivity index (χ1n) is 9.40. The standard InChI is InChI=1S/C22H22N2O4/c1-3-27-22(26)20-16(15-8-4-7-11-19(15)28-20)13-24-12-14(2)21(25)23-17-9-5-6-10-18(17)24/h4-11,14H,3,12-13H2,1-2H3,(H,23,25)/t14-/m0/s1. The van der Waals surface area contributed by atoms with Gasteiger partial charge in [-0.2, -0.15) is 0 Å². The molecule has 2 aromatic carbocycles. The summed E-state index contributed by atoms with van der Waals surface area (Å²) in [6, 6.07) is 15.3. The maximum Gasteiger partial charge on any atom is 0.374 e. The van der Waals surface area contributed by atoms with Gasteiger partial charge >= 0.3 is 5.97 Å². The molecule has 1 aromatic heterocycles. The zero-order valence-electron chi connectivity index (χ0n) is 15.9. The second kappa shape index (κ2) is 7.38. The van der Waals surface area contributed by atoms with Gasteiger partial charge in [-0.3, -0.25) is 4.79 Å². The number of furan rings is 1. The van der Waals surface area contributed by atoms with Gasteiger partial charge in [0.25, 0.3) is 0 Å². The minimum Gasteiger partial charge on any atom is -0.460 e. The average molecular weight is 378 g/mol. The SMILES string of the molecule is CCOC(=O)c1oc2ccccc2c1CN1C[C@H](C)C(=O)Nc2ccccc21. The number of amides is 1. The summed E-state index contributed by atoms with van der Waals surface area (Å²) in [4.78, 5) is 27.0. The zero-order valence-corrected chi connectivity index (χ0v) is 15.9. The maximum absolute atomic E-state index is 12.5. The summed E-state index contributed by atoms with van der Waals surface area (Å²) in [5, 5.41) is 3.86. The number of esters is 1. The number of hydrogen-bond donors (Lipinski definition) is 1. The lowest BCUT2D eigenvalue weighted by Gasteiger charge is -2.25. The van der Waals surface area contributed by atoms with Crippen LogP contribution in [0, 0.1) is 5.92 Å². The van der Waals surface area contributed by atoms with Crippen molar-refractivity contribution in [1.82, 2.24) is 0 Å². The molecule has 1 N–H and O–H groups in total. The molecule has 0 unspecified atom stereocenters. The summed E-state index contributed by atoms with van der Waals surface area (Å²) in [6.07, 6.45) is 0. The molecule has 1 aliphatic rings. The molecule has 0 fully saturated rings. The molecule has 0 spiro atoms. The van der Waals surface area contributed by atoms with Gasteiger partial charge in [0.05, 0.1) is 23.9 Å². The summed E-state index contributed by atoms with van der Waals surface area (Å²) in [6.45, 7) is 4.90. The summed E-state index contributed by atoms with van der Waals surface area (Å²) in [5.41, 5.74) is 3.10. The summed E-state index contributed by atoms with van der Waals surface area (Å²) >= 11 is 0. The quantitative estimate of drug-likeness (QED) is 0.689. The number of nitrogens with zero attached hydrogens (tertiary/aromatic N) is 1. The lowest BCUT2D eigenvalue weighted by atomic mass is 10.1. The van der Waals surface area contributed by atoms with Gasteiger partial charge in [-0.05, 0) is 25.1 Å². The molecule has 0 radical (unpaired) electrons. The molecule has 6 nitrogen and oxygen atoms in total. The number of benzene rings is 2. The fourth-order valence-electron chi connectivity index (χ4n) is 3.58. The van der Waals surface area contributed by atoms with Gasteiger partial charge in [-0.1, -0.05) is 37.3 Å². The van der Waals surface area contributed by atoms with E-state index in [1.165, 1.54) is 0 Å². The van der Waals surface area contributed by atoms with Gasteiger partial charge in [0, 0.05) is 24.0 Å². The van der Waals surface area contributed by atoms with Crippen molar-refractivity contribution in [2.75, 3.05) is 23.4 Å². The molecule has 4 rings (SSSR count). The predicted molar refractivity (Wildman–Crippen MR) is 107 cm³/mol. The molecule has 2 heterocycles. The van der Waals surface area contributed by atoms with Gasteiger partial charge in [-0.25, -0.2) is 4.79 Å². The largest absolute Gasteiger partial charge is 0.460 e. The van der Waals surface area contributed by atoms with Crippen molar-refractivity contribution in [3.05, 3.63) is 59.9 Å². The van der Waals surface area contributed by atoms with Crippen LogP contribution in [0.5, 0.6) is 0 Å². The molecular formula is C22H22N2O4. The van der Waals surface area contributed by atoms with Crippen molar-refractivity contribution in [1.29, 1.82) is 0 Å². The molecule has 0 saturated carbocycles. The summed E-state index contributed by atoms with van der Waals surface area (Å²) in [7, 11) is 0. The highest BCUT2D eigenvalue weighted by atomic mass is 16.5. The van der Waals surface area contributed by atoms with Crippen LogP contribution in [0.25, 0.3) is 11.0 Å². The van der Waals surface area contributed by atoms with Gasteiger partial charge in [0.1, 0.15) is 5.58 Å². The van der Waals surface area contributed by atoms with Gasteiger partial charge < -0.3 is 19.4 Å². The Balaban J connectivity index is 1.80. The van der Waals surface area contributed by atoms with E-state index in [1.54, 1.807) is 6.92 Å². The lowest BCUT2D eigenvalue weighted by Crippen LogP contribution is -2.30. The Labute approximate surface area is 163 Å². The Kier molecular flexibility index (Phi) is 4.77. The number of rotatable bonds is 4. The molecule has 0 bridgehead atoms. The highest BCUT2D eigenvalue weighted by Gasteiger charge is 2.28. The van der Waals surface area contributed by atoms with E-state index in [-0.39, 0.29) is 24.2 Å². The minimum atomic E-state index is -0.473. The van der Waals surface area contributed by atoms with Crippen LogP contribution in [0.3, 0.4) is 0 Å². The van der Waals surface area contributed by atoms with E-state index in [0.29, 0.717) is 18.7 Å². The second-order valence-electron chi connectivity index (χ2n) is 6.91. The summed E-state index contributed by atoms with van der Waals surface area (Å²) < 4.78 is 11.0. The lowest BCUT2D eigenvalue weighted by molar-refractivity contribution is -0.119. The van der Waals surface area contributed by atoms with Gasteiger partial charge in [-0.15, -0.1) is 0 Å². The molecule has 1 atom stereocenters. The van der Waals surface area contributed by atoms with Crippen LogP contribution in [0.15, 0.2) is 52.9 Å². The normalized spacial score (nSPS) is 16.4. The topological polar surface area (TPSA) is 71.8 Å². The van der Waals surface area contributed by atoms with E-state index >= 15 is 0 Å². The third-order valence-electron chi connectivity index (χ3n) is 4.95. The third-order valence-corrected chi connectivity index (χ3v) is 4.95. The van der Waals surface area contributed by atoms with Crippen molar-refractivity contribution in [3.8, 4) is 0 Å². The Morgan fingerprint density at radius 1 is 1.21 bits per heavy atom. The molecule has 28 heavy (non-hydrogen) atoms. The van der Waals surface area contributed by atoms with Crippen molar-refractivity contribution in [2.24, 2.45) is 5.92 Å². The van der Waals surface area contributed by atoms with Crippen LogP contribution >= 0.6 is 0 Å². The van der Waals surface area contributed by atoms with Crippen LogP contribution in [0.2, 0.25) is 0 Å². The molecule has 1 aliphatic heterocycles. The Morgan fingerprint density at radius 2 is 1.96 bits per heavy atom. The van der Waals surface area contributed by atoms with Crippen molar-refractivity contribution in [2.45, 2.75) is 20.4 Å². The monoisotopic (exact) mass is 378 g/mol. The second-order valence-corrected chi connectivity index (χ2v) is 6.91. The average Bonchev–Trinajstić information content (AvgIpc) is 3.01. The molecular weight excluding hydrogens is 356 g/mol. The highest BCUT2D eigenvalue weighted by Crippen LogP contribution is 2.34. The first-order chi connectivity index (χ1) is 13.6. The molecule has 0 aliphatic carbocycles. The Morgan fingerprint density at radius 3 is 2.79 bits per heavy atom. The van der Waals surface area contributed by atoms with Crippen LogP contribution in [0.4, 0.5) is 11.4 Å². The smallest absolute Gasteiger partial charge is 0.374 e. The van der Waals surface area contributed by atoms with Gasteiger partial charge in [0.15, 0.2) is 0 Å². The number of anilines is 2. The van der Waals surface area contributed by atoms with E-state index in [2.05, 4.69) is 10.2 Å². The van der Waals surface area contributed by atoms with E-state index in [0.717, 1.165) is 22.3 Å². The van der Waals surface area contributed by atoms with Gasteiger partial charge in [0.2, 0.25) is 11.7 Å². The number of carbonyl (C=O) groups excluding carboxylic acids is 2. The van der Waals surface area contributed by atoms with E-state index in [9.17, 15) is 9.59 Å². The number of nitrogens with one attached hydrogen (secondary N) is 1. The van der Waals surface area contributed by atoms with Crippen molar-refractivity contribution >= 4 is 34.2 Å². The highest BCUT2D eigenvalue weighted by molar-refractivity contribution is 5.99. The first-order valence-corrected chi connectivity index (χ1v) is 9.40. The molecule has 0 saturated heterocycles. The number of carbonyl (C=O) groups is 2. The zero-order chi connectivity index (χ0) is 19.7. The molecule has 6 heteroatoms. The fourth-order valence-corrected chi connectivity index (χ4v) is 3.58. The number of fused-ring (bicyclic) bond motifs is 2. The van der Waals surface area contributed by atoms with Crippen LogP contribution in [-0.4, -0.2) is 25.0 Å². The molecule has 3 aromatic rings. The first kappa shape index (κ1) is 18.1. The summed E-state index contributed by atoms with van der Waals surface area (Å²) in [5.74, 6) is -0.468. The Hall–Kier alpha value is -3.28. The van der Waals surface area contributed by atoms with Crippen LogP contribution in [-0.2, 0) is 16.1 Å². The number of hydrogen-bond acceptors (Lipinski definition) is 5. The van der Waals surface area contributed by atoms with Crippen LogP contribution < -0.4 is 10.2 Å². The van der Waals surface area contributed by atoms with E-state index in [1.807, 2.05) is 55.5 Å². The minimum absolute atomic E-state index is 0.0161. The Bertz CT molecular complexity index is 1040. The van der Waals surface area contributed by atoms with Crippen LogP contribution in [0.1, 0.15) is 30.0 Å². The molecule has 1 amide bonds. The van der Waals surface area contributed by atoms with Crippen molar-refractivity contribution in [3.63, 3.8) is 0 Å². The maximum atomic E-state index is 12.5. The molecule has 144 valence electrons. The number of ether oxygens (including phenoxy) is 1. The van der Waals surface area contributed by atoms with E-state index < -0.39 is 5.97 Å².